The van der Waals surface area contributed by atoms with Crippen molar-refractivity contribution in [3.8, 4) is 0 Å². The Kier molecular flexibility index (Phi) is 2.43. The van der Waals surface area contributed by atoms with Gasteiger partial charge in [0.15, 0.2) is 0 Å². The van der Waals surface area contributed by atoms with E-state index in [1.807, 2.05) is 0 Å². The van der Waals surface area contributed by atoms with Gasteiger partial charge in [0, 0.05) is 23.2 Å². The first kappa shape index (κ1) is 6.89. The number of carbonyl (C=O) groups excluding carboxylic acids is 1. The van der Waals surface area contributed by atoms with Gasteiger partial charge in [-0.3, -0.25) is 4.79 Å². The number of amides is 1. The normalized spacial score (nSPS) is 24.9. The first-order valence-electron chi connectivity index (χ1n) is 10.4. The van der Waals surface area contributed by atoms with Crippen LogP contribution >= 0.6 is 0 Å². The van der Waals surface area contributed by atoms with Gasteiger partial charge in [0.2, 0.25) is 5.91 Å². The van der Waals surface area contributed by atoms with E-state index >= 15 is 0 Å². The molecule has 3 heteroatoms. The fourth-order valence-corrected chi connectivity index (χ4v) is 1.91. The van der Waals surface area contributed by atoms with E-state index in [9.17, 15) is 4.79 Å². The Morgan fingerprint density at radius 1 is 1.32 bits per heavy atom. The van der Waals surface area contributed by atoms with Crippen LogP contribution in [-0.2, 0) is 17.6 Å². The number of hydrogen-bond acceptors (Lipinski definition) is 2. The monoisotopic (exact) mass is 268 g/mol. The molecule has 0 saturated carbocycles. The summed E-state index contributed by atoms with van der Waals surface area (Å²) in [4.78, 5) is 12.5. The van der Waals surface area contributed by atoms with Crippen LogP contribution in [0.1, 0.15) is 48.8 Å². The van der Waals surface area contributed by atoms with Crippen molar-refractivity contribution in [1.82, 2.24) is 4.90 Å². The van der Waals surface area contributed by atoms with Gasteiger partial charge in [0.1, 0.15) is 0 Å². The summed E-state index contributed by atoms with van der Waals surface area (Å²) in [5.41, 5.74) is 0.472. The van der Waals surface area contributed by atoms with Gasteiger partial charge in [-0.05, 0) is 49.4 Å². The summed E-state index contributed by atoms with van der Waals surface area (Å²) in [5.74, 6) is -0.838. The van der Waals surface area contributed by atoms with Crippen LogP contribution in [0, 0.1) is 0 Å². The first-order chi connectivity index (χ1) is 12.2. The number of nitrogens with zero attached hydrogens (tertiary/aromatic N) is 1. The van der Waals surface area contributed by atoms with Crippen LogP contribution in [-0.4, -0.2) is 30.3 Å². The Bertz CT molecular complexity index is 719. The molecule has 19 heavy (non-hydrogen) atoms. The molecule has 0 fully saturated rings. The number of nitrogens with one attached hydrogen (secondary N) is 1. The van der Waals surface area contributed by atoms with E-state index in [-0.39, 0.29) is 29.7 Å². The van der Waals surface area contributed by atoms with E-state index in [1.54, 1.807) is 6.07 Å². The SMILES string of the molecule is [2H]C1([2H])C(=O)Nc2cccc(CC([2H])([2H])N(C([2H])([2H])CC)C([2H])([2H])CC)c21. The van der Waals surface area contributed by atoms with Crippen LogP contribution in [0.4, 0.5) is 5.69 Å². The summed E-state index contributed by atoms with van der Waals surface area (Å²) in [6, 6.07) is 4.56. The molecule has 0 bridgehead atoms. The van der Waals surface area contributed by atoms with Crippen molar-refractivity contribution >= 4 is 11.6 Å². The molecule has 0 unspecified atom stereocenters. The Balaban J connectivity index is 2.53. The van der Waals surface area contributed by atoms with Crippen LogP contribution in [0.25, 0.3) is 0 Å². The number of anilines is 1. The summed E-state index contributed by atoms with van der Waals surface area (Å²) >= 11 is 0. The number of hydrogen-bond donors (Lipinski definition) is 1. The second-order valence-corrected chi connectivity index (χ2v) is 4.11. The van der Waals surface area contributed by atoms with Gasteiger partial charge in [-0.1, -0.05) is 26.0 Å². The third-order valence-corrected chi connectivity index (χ3v) is 2.70. The van der Waals surface area contributed by atoms with E-state index in [2.05, 4.69) is 5.32 Å². The van der Waals surface area contributed by atoms with Crippen molar-refractivity contribution < 1.29 is 15.8 Å². The number of rotatable bonds is 7. The molecule has 0 atom stereocenters. The van der Waals surface area contributed by atoms with Gasteiger partial charge in [-0.15, -0.1) is 0 Å². The van der Waals surface area contributed by atoms with E-state index in [4.69, 9.17) is 11.0 Å². The number of benzene rings is 1. The predicted molar refractivity (Wildman–Crippen MR) is 79.5 cm³/mol. The lowest BCUT2D eigenvalue weighted by molar-refractivity contribution is -0.115. The standard InChI is InChI=1S/C16H24N2O/c1-3-9-18(10-4-2)11-8-13-6-5-7-15-14(13)12-16(19)17-15/h5-7H,3-4,8-12H2,1-2H3,(H,17,19)/i9D2,10D2,11D2,12D2. The van der Waals surface area contributed by atoms with Crippen molar-refractivity contribution in [3.63, 3.8) is 0 Å². The van der Waals surface area contributed by atoms with Crippen molar-refractivity contribution in [2.75, 3.05) is 24.8 Å². The zero-order valence-corrected chi connectivity index (χ0v) is 11.2. The molecule has 0 spiro atoms. The zero-order chi connectivity index (χ0) is 20.8. The molecule has 1 N–H and O–H groups in total. The molecule has 1 amide bonds. The average molecular weight is 268 g/mol. The van der Waals surface area contributed by atoms with Gasteiger partial charge >= 0.3 is 0 Å². The van der Waals surface area contributed by atoms with Gasteiger partial charge in [0.25, 0.3) is 0 Å². The molecule has 3 nitrogen and oxygen atoms in total. The third kappa shape index (κ3) is 3.57. The van der Waals surface area contributed by atoms with E-state index in [0.717, 1.165) is 0 Å². The summed E-state index contributed by atoms with van der Waals surface area (Å²) in [6.07, 6.45) is -3.05. The van der Waals surface area contributed by atoms with Crippen LogP contribution in [0.5, 0.6) is 0 Å². The fourth-order valence-electron chi connectivity index (χ4n) is 1.91. The van der Waals surface area contributed by atoms with Gasteiger partial charge in [0.05, 0.1) is 6.37 Å². The Morgan fingerprint density at radius 2 is 2.05 bits per heavy atom. The highest BCUT2D eigenvalue weighted by atomic mass is 16.1. The smallest absolute Gasteiger partial charge is 0.228 e. The molecule has 1 aliphatic rings. The lowest BCUT2D eigenvalue weighted by Gasteiger charge is -2.21. The molecule has 1 aromatic rings. The van der Waals surface area contributed by atoms with E-state index < -0.39 is 38.2 Å². The van der Waals surface area contributed by atoms with Crippen LogP contribution < -0.4 is 5.32 Å². The minimum absolute atomic E-state index is 0.0212. The molecular formula is C16H24N2O. The van der Waals surface area contributed by atoms with Crippen LogP contribution in [0.15, 0.2) is 18.2 Å². The summed E-state index contributed by atoms with van der Waals surface area (Å²) in [7, 11) is 0. The van der Waals surface area contributed by atoms with Crippen molar-refractivity contribution in [2.45, 2.75) is 39.5 Å². The molecule has 0 saturated heterocycles. The number of carbonyl (C=O) groups is 1. The lowest BCUT2D eigenvalue weighted by Crippen LogP contribution is -2.28. The van der Waals surface area contributed by atoms with Crippen LogP contribution in [0.2, 0.25) is 0 Å². The molecule has 0 aromatic heterocycles. The average Bonchev–Trinajstić information content (AvgIpc) is 2.76. The Labute approximate surface area is 127 Å². The molecule has 1 aromatic carbocycles. The molecule has 0 aliphatic carbocycles. The molecule has 104 valence electrons. The summed E-state index contributed by atoms with van der Waals surface area (Å²) in [6.45, 7) is -3.95. The molecule has 1 heterocycles. The maximum Gasteiger partial charge on any atom is 0.228 e. The minimum atomic E-state index is -2.46. The molecule has 0 radical (unpaired) electrons. The predicted octanol–water partition coefficient (Wildman–Crippen LogP) is 2.85. The van der Waals surface area contributed by atoms with Crippen LogP contribution in [0.3, 0.4) is 0 Å². The number of fused-ring (bicyclic) bond motifs is 1. The van der Waals surface area contributed by atoms with E-state index in [0.29, 0.717) is 4.90 Å². The summed E-state index contributed by atoms with van der Waals surface area (Å²) in [5, 5.41) is 2.43. The quantitative estimate of drug-likeness (QED) is 0.824. The highest BCUT2D eigenvalue weighted by molar-refractivity contribution is 5.99. The maximum absolute atomic E-state index is 11.9. The van der Waals surface area contributed by atoms with Crippen molar-refractivity contribution in [2.24, 2.45) is 0 Å². The second kappa shape index (κ2) is 6.71. The molecular weight excluding hydrogens is 236 g/mol. The largest absolute Gasteiger partial charge is 0.326 e. The topological polar surface area (TPSA) is 32.3 Å². The minimum Gasteiger partial charge on any atom is -0.326 e. The zero-order valence-electron chi connectivity index (χ0n) is 19.2. The highest BCUT2D eigenvalue weighted by Gasteiger charge is 2.20. The molecule has 1 aliphatic heterocycles. The highest BCUT2D eigenvalue weighted by Crippen LogP contribution is 2.26. The lowest BCUT2D eigenvalue weighted by atomic mass is 10.0. The Hall–Kier alpha value is -1.35. The van der Waals surface area contributed by atoms with Gasteiger partial charge in [-0.25, -0.2) is 0 Å². The first-order valence-corrected chi connectivity index (χ1v) is 6.45. The fraction of sp³-hybridized carbons (Fsp3) is 0.562. The molecule has 2 rings (SSSR count). The maximum atomic E-state index is 11.9. The van der Waals surface area contributed by atoms with Gasteiger partial charge < -0.3 is 10.2 Å². The summed E-state index contributed by atoms with van der Waals surface area (Å²) < 4.78 is 65.6. The number of aryl methyl sites for hydroxylation is 1. The van der Waals surface area contributed by atoms with Gasteiger partial charge in [-0.2, -0.15) is 0 Å². The second-order valence-electron chi connectivity index (χ2n) is 4.11. The third-order valence-electron chi connectivity index (χ3n) is 2.70. The van der Waals surface area contributed by atoms with Crippen molar-refractivity contribution in [1.29, 1.82) is 0 Å². The Morgan fingerprint density at radius 3 is 2.74 bits per heavy atom. The van der Waals surface area contributed by atoms with E-state index in [1.165, 1.54) is 26.0 Å². The van der Waals surface area contributed by atoms with Crippen molar-refractivity contribution in [3.05, 3.63) is 29.3 Å².